The van der Waals surface area contributed by atoms with Crippen molar-refractivity contribution in [3.63, 3.8) is 0 Å². The molecule has 0 N–H and O–H groups in total. The van der Waals surface area contributed by atoms with Crippen LogP contribution in [0.4, 0.5) is 0 Å². The van der Waals surface area contributed by atoms with Crippen molar-refractivity contribution in [1.29, 1.82) is 0 Å². The summed E-state index contributed by atoms with van der Waals surface area (Å²) >= 11 is 0. The zero-order valence-corrected chi connectivity index (χ0v) is 22.6. The van der Waals surface area contributed by atoms with E-state index in [1.807, 2.05) is 0 Å². The van der Waals surface area contributed by atoms with Gasteiger partial charge in [-0.3, -0.25) is 4.79 Å². The van der Waals surface area contributed by atoms with E-state index >= 15 is 0 Å². The van der Waals surface area contributed by atoms with Crippen LogP contribution >= 0.6 is 0 Å². The maximum atomic E-state index is 12.3. The number of amides is 1. The highest BCUT2D eigenvalue weighted by Crippen LogP contribution is 2.89. The van der Waals surface area contributed by atoms with Crippen molar-refractivity contribution >= 4 is 5.91 Å². The van der Waals surface area contributed by atoms with Gasteiger partial charge in [-0.05, 0) is 124 Å². The molecule has 9 unspecified atom stereocenters. The molecule has 5 fully saturated rings. The molecular weight excluding hydrogens is 392 g/mol. The van der Waals surface area contributed by atoms with Gasteiger partial charge in [-0.15, -0.1) is 0 Å². The van der Waals surface area contributed by atoms with Gasteiger partial charge in [-0.1, -0.05) is 27.7 Å². The van der Waals surface area contributed by atoms with E-state index in [0.29, 0.717) is 33.7 Å². The predicted octanol–water partition coefficient (Wildman–Crippen LogP) is 6.22. The molecule has 9 atom stereocenters. The minimum atomic E-state index is 0.229. The first-order valence-corrected chi connectivity index (χ1v) is 13.7. The molecule has 0 radical (unpaired) electrons. The number of nitrogens with zero attached hydrogens (tertiary/aromatic N) is 2. The Morgan fingerprint density at radius 1 is 0.812 bits per heavy atom. The van der Waals surface area contributed by atoms with Crippen LogP contribution < -0.4 is 0 Å². The number of rotatable bonds is 3. The molecule has 5 rings (SSSR count). The molecule has 5 aliphatic rings. The zero-order chi connectivity index (χ0) is 23.5. The number of carbonyl (C=O) groups excluding carboxylic acids is 1. The molecule has 0 heterocycles. The number of carbonyl (C=O) groups is 1. The number of fused-ring (bicyclic) bond motifs is 2. The van der Waals surface area contributed by atoms with Crippen molar-refractivity contribution in [1.82, 2.24) is 9.80 Å². The Morgan fingerprint density at radius 3 is 2.06 bits per heavy atom. The summed E-state index contributed by atoms with van der Waals surface area (Å²) in [5, 5.41) is 0. The molecule has 32 heavy (non-hydrogen) atoms. The van der Waals surface area contributed by atoms with Gasteiger partial charge in [-0.2, -0.15) is 0 Å². The highest BCUT2D eigenvalue weighted by Gasteiger charge is 2.82. The molecule has 0 aromatic rings. The molecule has 3 nitrogen and oxygen atoms in total. The van der Waals surface area contributed by atoms with Crippen molar-refractivity contribution in [2.24, 2.45) is 44.8 Å². The van der Waals surface area contributed by atoms with Gasteiger partial charge in [-0.25, -0.2) is 0 Å². The molecule has 0 saturated heterocycles. The zero-order valence-electron chi connectivity index (χ0n) is 22.6. The molecule has 0 aromatic carbocycles. The van der Waals surface area contributed by atoms with E-state index in [0.717, 1.165) is 17.8 Å². The topological polar surface area (TPSA) is 23.6 Å². The van der Waals surface area contributed by atoms with Crippen LogP contribution in [0.1, 0.15) is 99.3 Å². The minimum Gasteiger partial charge on any atom is -0.342 e. The SMILES string of the molecule is CC(=O)N(C)C1CCC23CC24CCC2(C)C(C(C)N(C)C)CCC2(C)C4CCC3C1(C)C. The molecule has 182 valence electrons. The first-order chi connectivity index (χ1) is 14.8. The van der Waals surface area contributed by atoms with E-state index in [1.165, 1.54) is 57.8 Å². The maximum Gasteiger partial charge on any atom is 0.219 e. The van der Waals surface area contributed by atoms with Gasteiger partial charge in [0, 0.05) is 26.1 Å². The van der Waals surface area contributed by atoms with Crippen molar-refractivity contribution < 1.29 is 4.79 Å². The monoisotopic (exact) mass is 442 g/mol. The van der Waals surface area contributed by atoms with Gasteiger partial charge in [0.25, 0.3) is 0 Å². The molecule has 0 aromatic heterocycles. The third-order valence-electron chi connectivity index (χ3n) is 13.5. The minimum absolute atomic E-state index is 0.229. The van der Waals surface area contributed by atoms with Crippen LogP contribution in [0.3, 0.4) is 0 Å². The second kappa shape index (κ2) is 6.76. The van der Waals surface area contributed by atoms with E-state index in [2.05, 4.69) is 65.6 Å². The van der Waals surface area contributed by atoms with E-state index in [4.69, 9.17) is 0 Å². The van der Waals surface area contributed by atoms with E-state index in [1.54, 1.807) is 6.92 Å². The summed E-state index contributed by atoms with van der Waals surface area (Å²) in [6.07, 6.45) is 12.7. The van der Waals surface area contributed by atoms with Crippen LogP contribution in [0.5, 0.6) is 0 Å². The summed E-state index contributed by atoms with van der Waals surface area (Å²) in [4.78, 5) is 16.8. The molecule has 5 saturated carbocycles. The molecule has 0 aliphatic heterocycles. The van der Waals surface area contributed by atoms with Crippen LogP contribution in [0.2, 0.25) is 0 Å². The lowest BCUT2D eigenvalue weighted by Crippen LogP contribution is -2.60. The standard InChI is InChI=1S/C29H50N2O/c1-19(30(7)8)21-12-14-27(6)23-11-10-22-25(3,4)24(31(9)20(2)32)13-15-28(22)18-29(23,28)17-16-26(21,27)5/h19,21-24H,10-18H2,1-9H3. The van der Waals surface area contributed by atoms with Gasteiger partial charge in [0.1, 0.15) is 0 Å². The Kier molecular flexibility index (Phi) is 4.90. The van der Waals surface area contributed by atoms with Crippen LogP contribution in [0.15, 0.2) is 0 Å². The van der Waals surface area contributed by atoms with E-state index < -0.39 is 0 Å². The van der Waals surface area contributed by atoms with Gasteiger partial charge in [0.2, 0.25) is 5.91 Å². The lowest BCUT2D eigenvalue weighted by molar-refractivity contribution is -0.158. The van der Waals surface area contributed by atoms with Gasteiger partial charge < -0.3 is 9.80 Å². The summed E-state index contributed by atoms with van der Waals surface area (Å²) in [7, 11) is 6.63. The maximum absolute atomic E-state index is 12.3. The predicted molar refractivity (Wildman–Crippen MR) is 132 cm³/mol. The van der Waals surface area contributed by atoms with Crippen molar-refractivity contribution in [3.8, 4) is 0 Å². The first-order valence-electron chi connectivity index (χ1n) is 13.7. The average molecular weight is 443 g/mol. The van der Waals surface area contributed by atoms with Crippen molar-refractivity contribution in [2.75, 3.05) is 21.1 Å². The fraction of sp³-hybridized carbons (Fsp3) is 0.966. The Balaban J connectivity index is 1.47. The molecule has 5 aliphatic carbocycles. The van der Waals surface area contributed by atoms with E-state index in [9.17, 15) is 4.79 Å². The quantitative estimate of drug-likeness (QED) is 0.518. The Labute approximate surface area is 198 Å². The molecule has 0 bridgehead atoms. The number of hydrogen-bond donors (Lipinski definition) is 0. The molecule has 1 amide bonds. The summed E-state index contributed by atoms with van der Waals surface area (Å²) in [5.41, 5.74) is 2.41. The number of hydrogen-bond acceptors (Lipinski definition) is 2. The normalized spacial score (nSPS) is 51.8. The molecule has 2 spiro atoms. The fourth-order valence-corrected chi connectivity index (χ4v) is 11.4. The van der Waals surface area contributed by atoms with Crippen LogP contribution in [0.25, 0.3) is 0 Å². The van der Waals surface area contributed by atoms with E-state index in [-0.39, 0.29) is 11.3 Å². The Hall–Kier alpha value is -0.570. The van der Waals surface area contributed by atoms with Crippen molar-refractivity contribution in [3.05, 3.63) is 0 Å². The second-order valence-corrected chi connectivity index (χ2v) is 14.4. The fourth-order valence-electron chi connectivity index (χ4n) is 11.4. The van der Waals surface area contributed by atoms with Crippen LogP contribution in [0, 0.1) is 44.8 Å². The summed E-state index contributed by atoms with van der Waals surface area (Å²) < 4.78 is 0. The lowest BCUT2D eigenvalue weighted by Gasteiger charge is -2.64. The van der Waals surface area contributed by atoms with Gasteiger partial charge in [0.05, 0.1) is 0 Å². The van der Waals surface area contributed by atoms with Crippen molar-refractivity contribution in [2.45, 2.75) is 111 Å². The highest BCUT2D eigenvalue weighted by atomic mass is 16.2. The summed E-state index contributed by atoms with van der Waals surface area (Å²) in [6, 6.07) is 1.09. The first kappa shape index (κ1) is 23.2. The Morgan fingerprint density at radius 2 is 1.44 bits per heavy atom. The highest BCUT2D eigenvalue weighted by molar-refractivity contribution is 5.73. The van der Waals surface area contributed by atoms with Gasteiger partial charge >= 0.3 is 0 Å². The Bertz CT molecular complexity index is 805. The van der Waals surface area contributed by atoms with Gasteiger partial charge in [0.15, 0.2) is 0 Å². The summed E-state index contributed by atoms with van der Waals surface area (Å²) in [5.74, 6) is 2.79. The largest absolute Gasteiger partial charge is 0.342 e. The lowest BCUT2D eigenvalue weighted by atomic mass is 9.41. The van der Waals surface area contributed by atoms with Crippen LogP contribution in [-0.4, -0.2) is 48.9 Å². The molecule has 3 heteroatoms. The molecular formula is C29H50N2O. The second-order valence-electron chi connectivity index (χ2n) is 14.4. The average Bonchev–Trinajstić information content (AvgIpc) is 3.29. The summed E-state index contributed by atoms with van der Waals surface area (Å²) in [6.45, 7) is 14.7. The third-order valence-corrected chi connectivity index (χ3v) is 13.5. The third kappa shape index (κ3) is 2.51. The smallest absolute Gasteiger partial charge is 0.219 e. The van der Waals surface area contributed by atoms with Crippen LogP contribution in [-0.2, 0) is 4.79 Å².